The fourth-order valence-electron chi connectivity index (χ4n) is 3.05. The van der Waals surface area contributed by atoms with Crippen LogP contribution in [0.1, 0.15) is 24.2 Å². The van der Waals surface area contributed by atoms with Gasteiger partial charge >= 0.3 is 5.97 Å². The van der Waals surface area contributed by atoms with Crippen LogP contribution in [0, 0.1) is 0 Å². The van der Waals surface area contributed by atoms with Crippen LogP contribution in [0.5, 0.6) is 0 Å². The van der Waals surface area contributed by atoms with Crippen molar-refractivity contribution in [3.8, 4) is 22.5 Å². The maximum absolute atomic E-state index is 12.7. The molecule has 4 heteroatoms. The SMILES string of the molecule is CCN(CC)CCOC(=O)c1cc(-c2ccccc2)nc(-c2ccccc2)c1. The van der Waals surface area contributed by atoms with Gasteiger partial charge in [-0.2, -0.15) is 0 Å². The first-order valence-electron chi connectivity index (χ1n) is 9.73. The molecule has 0 fully saturated rings. The van der Waals surface area contributed by atoms with Crippen LogP contribution in [0.4, 0.5) is 0 Å². The number of nitrogens with zero attached hydrogens (tertiary/aromatic N) is 2. The van der Waals surface area contributed by atoms with Gasteiger partial charge in [0.1, 0.15) is 6.61 Å². The molecule has 0 N–H and O–H groups in total. The van der Waals surface area contributed by atoms with E-state index < -0.39 is 0 Å². The van der Waals surface area contributed by atoms with Crippen LogP contribution in [0.3, 0.4) is 0 Å². The highest BCUT2D eigenvalue weighted by Crippen LogP contribution is 2.25. The zero-order valence-electron chi connectivity index (χ0n) is 16.5. The van der Waals surface area contributed by atoms with E-state index in [2.05, 4.69) is 18.7 Å². The molecular formula is C24H26N2O2. The van der Waals surface area contributed by atoms with Gasteiger partial charge in [0.05, 0.1) is 17.0 Å². The van der Waals surface area contributed by atoms with Gasteiger partial charge in [0.15, 0.2) is 0 Å². The Morgan fingerprint density at radius 2 is 1.36 bits per heavy atom. The summed E-state index contributed by atoms with van der Waals surface area (Å²) in [6, 6.07) is 23.4. The quantitative estimate of drug-likeness (QED) is 0.525. The lowest BCUT2D eigenvalue weighted by atomic mass is 10.0. The summed E-state index contributed by atoms with van der Waals surface area (Å²) >= 11 is 0. The third kappa shape index (κ3) is 5.05. The molecule has 3 aromatic rings. The van der Waals surface area contributed by atoms with Crippen molar-refractivity contribution >= 4 is 5.97 Å². The minimum absolute atomic E-state index is 0.316. The number of esters is 1. The van der Waals surface area contributed by atoms with Crippen LogP contribution < -0.4 is 0 Å². The van der Waals surface area contributed by atoms with Crippen LogP contribution in [0.15, 0.2) is 72.8 Å². The molecule has 4 nitrogen and oxygen atoms in total. The van der Waals surface area contributed by atoms with Crippen molar-refractivity contribution in [1.29, 1.82) is 0 Å². The first kappa shape index (κ1) is 19.8. The Labute approximate surface area is 166 Å². The van der Waals surface area contributed by atoms with E-state index in [0.717, 1.165) is 42.1 Å². The highest BCUT2D eigenvalue weighted by Gasteiger charge is 2.14. The normalized spacial score (nSPS) is 10.8. The molecule has 0 radical (unpaired) electrons. The molecule has 144 valence electrons. The first-order valence-corrected chi connectivity index (χ1v) is 9.73. The molecule has 0 aliphatic carbocycles. The van der Waals surface area contributed by atoms with Crippen molar-refractivity contribution in [2.24, 2.45) is 0 Å². The zero-order valence-corrected chi connectivity index (χ0v) is 16.5. The molecule has 0 saturated carbocycles. The van der Waals surface area contributed by atoms with E-state index in [9.17, 15) is 4.79 Å². The second-order valence-electron chi connectivity index (χ2n) is 6.52. The summed E-state index contributed by atoms with van der Waals surface area (Å²) in [4.78, 5) is 19.7. The molecule has 2 aromatic carbocycles. The molecular weight excluding hydrogens is 348 g/mol. The highest BCUT2D eigenvalue weighted by atomic mass is 16.5. The predicted octanol–water partition coefficient (Wildman–Crippen LogP) is 4.91. The van der Waals surface area contributed by atoms with Gasteiger partial charge in [-0.1, -0.05) is 74.5 Å². The Kier molecular flexibility index (Phi) is 6.93. The van der Waals surface area contributed by atoms with E-state index in [0.29, 0.717) is 12.2 Å². The minimum atomic E-state index is -0.316. The molecule has 0 saturated heterocycles. The molecule has 28 heavy (non-hydrogen) atoms. The number of carbonyl (C=O) groups excluding carboxylic acids is 1. The van der Waals surface area contributed by atoms with E-state index in [-0.39, 0.29) is 5.97 Å². The Morgan fingerprint density at radius 3 is 1.82 bits per heavy atom. The number of hydrogen-bond donors (Lipinski definition) is 0. The van der Waals surface area contributed by atoms with Crippen LogP contribution >= 0.6 is 0 Å². The van der Waals surface area contributed by atoms with E-state index in [1.165, 1.54) is 0 Å². The second-order valence-corrected chi connectivity index (χ2v) is 6.52. The van der Waals surface area contributed by atoms with E-state index in [4.69, 9.17) is 9.72 Å². The number of benzene rings is 2. The fourth-order valence-corrected chi connectivity index (χ4v) is 3.05. The predicted molar refractivity (Wildman–Crippen MR) is 113 cm³/mol. The third-order valence-electron chi connectivity index (χ3n) is 4.74. The average molecular weight is 374 g/mol. The summed E-state index contributed by atoms with van der Waals surface area (Å²) < 4.78 is 5.54. The Hall–Kier alpha value is -2.98. The average Bonchev–Trinajstić information content (AvgIpc) is 2.77. The second kappa shape index (κ2) is 9.81. The van der Waals surface area contributed by atoms with Crippen LogP contribution in [0.2, 0.25) is 0 Å². The molecule has 0 aliphatic rings. The van der Waals surface area contributed by atoms with E-state index in [1.54, 1.807) is 0 Å². The van der Waals surface area contributed by atoms with Crippen molar-refractivity contribution in [2.45, 2.75) is 13.8 Å². The summed E-state index contributed by atoms with van der Waals surface area (Å²) in [6.45, 7) is 7.21. The van der Waals surface area contributed by atoms with Crippen molar-refractivity contribution < 1.29 is 9.53 Å². The number of ether oxygens (including phenoxy) is 1. The molecule has 1 heterocycles. The van der Waals surface area contributed by atoms with Gasteiger partial charge in [0.2, 0.25) is 0 Å². The number of carbonyl (C=O) groups is 1. The smallest absolute Gasteiger partial charge is 0.338 e. The maximum atomic E-state index is 12.7. The van der Waals surface area contributed by atoms with Gasteiger partial charge in [-0.15, -0.1) is 0 Å². The monoisotopic (exact) mass is 374 g/mol. The Bertz CT molecular complexity index is 833. The largest absolute Gasteiger partial charge is 0.461 e. The van der Waals surface area contributed by atoms with Gasteiger partial charge in [0.25, 0.3) is 0 Å². The van der Waals surface area contributed by atoms with Gasteiger partial charge in [-0.25, -0.2) is 9.78 Å². The lowest BCUT2D eigenvalue weighted by Gasteiger charge is -2.17. The number of aromatic nitrogens is 1. The first-order chi connectivity index (χ1) is 13.7. The van der Waals surface area contributed by atoms with Gasteiger partial charge in [-0.3, -0.25) is 0 Å². The van der Waals surface area contributed by atoms with Crippen molar-refractivity contribution in [3.63, 3.8) is 0 Å². The molecule has 3 rings (SSSR count). The zero-order chi connectivity index (χ0) is 19.8. The molecule has 0 bridgehead atoms. The minimum Gasteiger partial charge on any atom is -0.461 e. The maximum Gasteiger partial charge on any atom is 0.338 e. The number of hydrogen-bond acceptors (Lipinski definition) is 4. The van der Waals surface area contributed by atoms with Crippen molar-refractivity contribution in [1.82, 2.24) is 9.88 Å². The third-order valence-corrected chi connectivity index (χ3v) is 4.74. The van der Waals surface area contributed by atoms with E-state index >= 15 is 0 Å². The van der Waals surface area contributed by atoms with Crippen LogP contribution in [-0.4, -0.2) is 42.1 Å². The van der Waals surface area contributed by atoms with Gasteiger partial charge < -0.3 is 9.64 Å². The van der Waals surface area contributed by atoms with Gasteiger partial charge in [-0.05, 0) is 25.2 Å². The Morgan fingerprint density at radius 1 is 0.857 bits per heavy atom. The highest BCUT2D eigenvalue weighted by molar-refractivity contribution is 5.92. The molecule has 0 amide bonds. The van der Waals surface area contributed by atoms with Crippen molar-refractivity contribution in [3.05, 3.63) is 78.4 Å². The molecule has 0 spiro atoms. The summed E-state index contributed by atoms with van der Waals surface area (Å²) in [6.07, 6.45) is 0. The van der Waals surface area contributed by atoms with E-state index in [1.807, 2.05) is 72.8 Å². The van der Waals surface area contributed by atoms with Gasteiger partial charge in [0, 0.05) is 17.7 Å². The fraction of sp³-hybridized carbons (Fsp3) is 0.250. The number of rotatable bonds is 8. The number of likely N-dealkylation sites (N-methyl/N-ethyl adjacent to an activating group) is 1. The standard InChI is InChI=1S/C24H26N2O2/c1-3-26(4-2)15-16-28-24(27)21-17-22(19-11-7-5-8-12-19)25-23(18-21)20-13-9-6-10-14-20/h5-14,17-18H,3-4,15-16H2,1-2H3. The molecule has 1 aromatic heterocycles. The van der Waals surface area contributed by atoms with Crippen molar-refractivity contribution in [2.75, 3.05) is 26.2 Å². The molecule has 0 atom stereocenters. The molecule has 0 aliphatic heterocycles. The number of pyridine rings is 1. The molecule has 0 unspecified atom stereocenters. The Balaban J connectivity index is 1.88. The lowest BCUT2D eigenvalue weighted by Crippen LogP contribution is -2.27. The summed E-state index contributed by atoms with van der Waals surface area (Å²) in [5, 5.41) is 0. The topological polar surface area (TPSA) is 42.4 Å². The van der Waals surface area contributed by atoms with Crippen LogP contribution in [-0.2, 0) is 4.74 Å². The lowest BCUT2D eigenvalue weighted by molar-refractivity contribution is 0.0466. The summed E-state index contributed by atoms with van der Waals surface area (Å²) in [7, 11) is 0. The van der Waals surface area contributed by atoms with Crippen LogP contribution in [0.25, 0.3) is 22.5 Å². The summed E-state index contributed by atoms with van der Waals surface area (Å²) in [5.41, 5.74) is 3.98. The summed E-state index contributed by atoms with van der Waals surface area (Å²) in [5.74, 6) is -0.316.